The highest BCUT2D eigenvalue weighted by molar-refractivity contribution is 9.10. The van der Waals surface area contributed by atoms with Gasteiger partial charge in [-0.3, -0.25) is 0 Å². The first-order chi connectivity index (χ1) is 9.15. The molecule has 0 spiro atoms. The van der Waals surface area contributed by atoms with Gasteiger partial charge in [-0.2, -0.15) is 0 Å². The van der Waals surface area contributed by atoms with Crippen molar-refractivity contribution in [1.29, 1.82) is 0 Å². The molecule has 0 amide bonds. The van der Waals surface area contributed by atoms with Crippen LogP contribution in [0.3, 0.4) is 0 Å². The Labute approximate surface area is 133 Å². The zero-order valence-electron chi connectivity index (χ0n) is 10.3. The Balaban J connectivity index is 1.93. The third kappa shape index (κ3) is 2.69. The van der Waals surface area contributed by atoms with Crippen molar-refractivity contribution in [2.45, 2.75) is 11.8 Å². The van der Waals surface area contributed by atoms with E-state index in [1.807, 2.05) is 6.07 Å². The van der Waals surface area contributed by atoms with Crippen molar-refractivity contribution >= 4 is 43.2 Å². The molecule has 1 aliphatic heterocycles. The number of halogens is 2. The molecule has 100 valence electrons. The Morgan fingerprint density at radius 2 is 1.89 bits per heavy atom. The van der Waals surface area contributed by atoms with Crippen molar-refractivity contribution in [2.24, 2.45) is 0 Å². The Hall–Kier alpha value is -0.520. The molecule has 0 aliphatic carbocycles. The minimum atomic E-state index is 0.179. The van der Waals surface area contributed by atoms with Gasteiger partial charge in [-0.15, -0.1) is 11.3 Å². The minimum Gasteiger partial charge on any atom is -0.486 e. The Morgan fingerprint density at radius 3 is 2.58 bits per heavy atom. The van der Waals surface area contributed by atoms with Crippen LogP contribution in [-0.2, 0) is 0 Å². The van der Waals surface area contributed by atoms with Gasteiger partial charge in [-0.1, -0.05) is 22.0 Å². The Bertz CT molecular complexity index is 590. The molecule has 0 saturated heterocycles. The van der Waals surface area contributed by atoms with E-state index in [0.29, 0.717) is 13.2 Å². The van der Waals surface area contributed by atoms with Gasteiger partial charge in [0, 0.05) is 14.2 Å². The van der Waals surface area contributed by atoms with Crippen LogP contribution in [0.15, 0.2) is 28.7 Å². The number of benzene rings is 1. The summed E-state index contributed by atoms with van der Waals surface area (Å²) >= 11 is 9.11. The number of hydrogen-bond donors (Lipinski definition) is 0. The van der Waals surface area contributed by atoms with Gasteiger partial charge < -0.3 is 9.47 Å². The van der Waals surface area contributed by atoms with Crippen LogP contribution >= 0.6 is 43.2 Å². The molecule has 0 radical (unpaired) electrons. The normalized spacial score (nSPS) is 15.3. The fourth-order valence-electron chi connectivity index (χ4n) is 1.99. The second kappa shape index (κ2) is 5.46. The van der Waals surface area contributed by atoms with Crippen LogP contribution in [0.2, 0.25) is 0 Å². The number of thiophene rings is 1. The highest BCUT2D eigenvalue weighted by Gasteiger charge is 2.18. The number of ether oxygens (including phenoxy) is 2. The van der Waals surface area contributed by atoms with Gasteiger partial charge in [0.15, 0.2) is 11.5 Å². The van der Waals surface area contributed by atoms with Crippen LogP contribution in [0.1, 0.15) is 20.1 Å². The summed E-state index contributed by atoms with van der Waals surface area (Å²) in [5.74, 6) is 1.67. The van der Waals surface area contributed by atoms with Crippen LogP contribution < -0.4 is 9.47 Å². The summed E-state index contributed by atoms with van der Waals surface area (Å²) in [6, 6.07) is 8.27. The SMILES string of the molecule is Cc1sc(C(Br)c2ccc3c(c2)OCCO3)cc1Br. The molecule has 1 aliphatic rings. The Kier molecular flexibility index (Phi) is 3.87. The quantitative estimate of drug-likeness (QED) is 0.651. The second-order valence-electron chi connectivity index (χ2n) is 4.32. The van der Waals surface area contributed by atoms with Crippen molar-refractivity contribution in [1.82, 2.24) is 0 Å². The van der Waals surface area contributed by atoms with E-state index in [1.54, 1.807) is 11.3 Å². The van der Waals surface area contributed by atoms with Crippen molar-refractivity contribution in [3.63, 3.8) is 0 Å². The molecule has 1 aromatic carbocycles. The first-order valence-electron chi connectivity index (χ1n) is 5.94. The zero-order valence-corrected chi connectivity index (χ0v) is 14.3. The van der Waals surface area contributed by atoms with Gasteiger partial charge in [0.2, 0.25) is 0 Å². The molecular formula is C14H12Br2O2S. The largest absolute Gasteiger partial charge is 0.486 e. The molecule has 0 saturated carbocycles. The zero-order chi connectivity index (χ0) is 13.4. The molecule has 2 nitrogen and oxygen atoms in total. The maximum absolute atomic E-state index is 5.63. The molecule has 19 heavy (non-hydrogen) atoms. The van der Waals surface area contributed by atoms with E-state index in [1.165, 1.54) is 15.3 Å². The van der Waals surface area contributed by atoms with Crippen LogP contribution in [0, 0.1) is 6.92 Å². The lowest BCUT2D eigenvalue weighted by Gasteiger charge is -2.19. The van der Waals surface area contributed by atoms with Gasteiger partial charge in [-0.05, 0) is 46.6 Å². The highest BCUT2D eigenvalue weighted by atomic mass is 79.9. The van der Waals surface area contributed by atoms with Crippen LogP contribution in [0.5, 0.6) is 11.5 Å². The minimum absolute atomic E-state index is 0.179. The van der Waals surface area contributed by atoms with Gasteiger partial charge in [-0.25, -0.2) is 0 Å². The van der Waals surface area contributed by atoms with Gasteiger partial charge in [0.1, 0.15) is 13.2 Å². The van der Waals surface area contributed by atoms with Crippen molar-refractivity contribution in [2.75, 3.05) is 13.2 Å². The van der Waals surface area contributed by atoms with E-state index in [0.717, 1.165) is 16.0 Å². The molecule has 2 aromatic rings. The maximum atomic E-state index is 5.63. The van der Waals surface area contributed by atoms with E-state index >= 15 is 0 Å². The number of hydrogen-bond acceptors (Lipinski definition) is 3. The Morgan fingerprint density at radius 1 is 1.16 bits per heavy atom. The predicted molar refractivity (Wildman–Crippen MR) is 85.0 cm³/mol. The van der Waals surface area contributed by atoms with Crippen molar-refractivity contribution in [3.05, 3.63) is 44.1 Å². The summed E-state index contributed by atoms with van der Waals surface area (Å²) in [5.41, 5.74) is 1.18. The van der Waals surface area contributed by atoms with Gasteiger partial charge in [0.05, 0.1) is 4.83 Å². The van der Waals surface area contributed by atoms with Crippen molar-refractivity contribution in [3.8, 4) is 11.5 Å². The molecule has 0 fully saturated rings. The molecule has 3 rings (SSSR count). The summed E-state index contributed by atoms with van der Waals surface area (Å²) in [6.45, 7) is 3.36. The number of fused-ring (bicyclic) bond motifs is 1. The number of rotatable bonds is 2. The third-order valence-corrected chi connectivity index (χ3v) is 6.51. The standard InChI is InChI=1S/C14H12Br2O2S/c1-8-10(15)7-13(19-8)14(16)9-2-3-11-12(6-9)18-5-4-17-11/h2-3,6-7,14H,4-5H2,1H3. The molecule has 1 aromatic heterocycles. The smallest absolute Gasteiger partial charge is 0.161 e. The van der Waals surface area contributed by atoms with Gasteiger partial charge >= 0.3 is 0 Å². The lowest BCUT2D eigenvalue weighted by atomic mass is 10.1. The monoisotopic (exact) mass is 402 g/mol. The lowest BCUT2D eigenvalue weighted by molar-refractivity contribution is 0.171. The van der Waals surface area contributed by atoms with Crippen LogP contribution in [-0.4, -0.2) is 13.2 Å². The molecule has 1 atom stereocenters. The molecule has 0 N–H and O–H groups in total. The van der Waals surface area contributed by atoms with E-state index in [9.17, 15) is 0 Å². The van der Waals surface area contributed by atoms with E-state index in [2.05, 4.69) is 57.0 Å². The average molecular weight is 404 g/mol. The fraction of sp³-hybridized carbons (Fsp3) is 0.286. The fourth-order valence-corrected chi connectivity index (χ4v) is 4.25. The molecule has 2 heterocycles. The van der Waals surface area contributed by atoms with E-state index < -0.39 is 0 Å². The first-order valence-corrected chi connectivity index (χ1v) is 8.47. The topological polar surface area (TPSA) is 18.5 Å². The summed E-state index contributed by atoms with van der Waals surface area (Å²) in [4.78, 5) is 2.75. The highest BCUT2D eigenvalue weighted by Crippen LogP contribution is 2.41. The summed E-state index contributed by atoms with van der Waals surface area (Å²) in [5, 5.41) is 0. The molecule has 0 bridgehead atoms. The number of alkyl halides is 1. The number of aryl methyl sites for hydroxylation is 1. The van der Waals surface area contributed by atoms with Gasteiger partial charge in [0.25, 0.3) is 0 Å². The summed E-state index contributed by atoms with van der Waals surface area (Å²) < 4.78 is 12.3. The van der Waals surface area contributed by atoms with E-state index in [-0.39, 0.29) is 4.83 Å². The van der Waals surface area contributed by atoms with Crippen molar-refractivity contribution < 1.29 is 9.47 Å². The maximum Gasteiger partial charge on any atom is 0.161 e. The molecular weight excluding hydrogens is 392 g/mol. The van der Waals surface area contributed by atoms with E-state index in [4.69, 9.17) is 9.47 Å². The van der Waals surface area contributed by atoms with Crippen LogP contribution in [0.4, 0.5) is 0 Å². The summed E-state index contributed by atoms with van der Waals surface area (Å²) in [6.07, 6.45) is 0. The molecule has 1 unspecified atom stereocenters. The second-order valence-corrected chi connectivity index (χ2v) is 7.38. The lowest BCUT2D eigenvalue weighted by Crippen LogP contribution is -2.15. The predicted octanol–water partition coefficient (Wildman–Crippen LogP) is 5.07. The molecule has 5 heteroatoms. The third-order valence-electron chi connectivity index (χ3n) is 2.98. The first kappa shape index (κ1) is 13.5. The average Bonchev–Trinajstić information content (AvgIpc) is 2.77. The summed E-state index contributed by atoms with van der Waals surface area (Å²) in [7, 11) is 0. The van der Waals surface area contributed by atoms with Crippen LogP contribution in [0.25, 0.3) is 0 Å².